The molecule has 2 amide bonds. The van der Waals surface area contributed by atoms with Crippen molar-refractivity contribution in [2.24, 2.45) is 5.92 Å². The molecular weight excluding hydrogens is 282 g/mol. The molecule has 0 aromatic carbocycles. The molecule has 0 heterocycles. The zero-order chi connectivity index (χ0) is 16.6. The van der Waals surface area contributed by atoms with Crippen LogP contribution >= 0.6 is 0 Å². The predicted molar refractivity (Wildman–Crippen MR) is 86.7 cm³/mol. The molecule has 0 radical (unpaired) electrons. The van der Waals surface area contributed by atoms with Crippen LogP contribution in [0.3, 0.4) is 0 Å². The number of alkyl carbamates (subject to hydrolysis) is 1. The fraction of sp³-hybridized carbons (Fsp3) is 0.875. The van der Waals surface area contributed by atoms with Gasteiger partial charge in [0.15, 0.2) is 0 Å². The lowest BCUT2D eigenvalue weighted by molar-refractivity contribution is -0.120. The molecule has 1 aliphatic carbocycles. The van der Waals surface area contributed by atoms with Gasteiger partial charge in [0.05, 0.1) is 0 Å². The molecule has 22 heavy (non-hydrogen) atoms. The molecule has 0 aliphatic heterocycles. The Morgan fingerprint density at radius 2 is 1.91 bits per heavy atom. The molecule has 2 unspecified atom stereocenters. The summed E-state index contributed by atoms with van der Waals surface area (Å²) in [6.07, 6.45) is 3.47. The summed E-state index contributed by atoms with van der Waals surface area (Å²) in [7, 11) is 0. The molecule has 0 aromatic heterocycles. The van der Waals surface area contributed by atoms with E-state index >= 15 is 0 Å². The summed E-state index contributed by atoms with van der Waals surface area (Å²) in [4.78, 5) is 23.1. The van der Waals surface area contributed by atoms with Gasteiger partial charge in [-0.2, -0.15) is 0 Å². The fourth-order valence-corrected chi connectivity index (χ4v) is 2.74. The minimum absolute atomic E-state index is 0.0800. The smallest absolute Gasteiger partial charge is 0.407 e. The van der Waals surface area contributed by atoms with Crippen LogP contribution in [-0.2, 0) is 9.53 Å². The number of rotatable bonds is 7. The Kier molecular flexibility index (Phi) is 7.65. The Labute approximate surface area is 133 Å². The standard InChI is InChI=1S/C16H31N3O3/c1-5-17-14(20)9-10-18-13-8-6-7-12(13)11-19-15(21)22-16(2,3)4/h12-13,18H,5-11H2,1-4H3,(H,17,20)(H,19,21). The van der Waals surface area contributed by atoms with Crippen LogP contribution in [0.25, 0.3) is 0 Å². The highest BCUT2D eigenvalue weighted by Gasteiger charge is 2.27. The third-order valence-electron chi connectivity index (χ3n) is 3.70. The quantitative estimate of drug-likeness (QED) is 0.669. The second-order valence-electron chi connectivity index (χ2n) is 6.84. The molecule has 3 N–H and O–H groups in total. The van der Waals surface area contributed by atoms with E-state index in [4.69, 9.17) is 4.74 Å². The van der Waals surface area contributed by atoms with Crippen molar-refractivity contribution < 1.29 is 14.3 Å². The van der Waals surface area contributed by atoms with Crippen LogP contribution in [0.15, 0.2) is 0 Å². The Balaban J connectivity index is 2.25. The third kappa shape index (κ3) is 7.64. The second-order valence-corrected chi connectivity index (χ2v) is 6.84. The van der Waals surface area contributed by atoms with E-state index in [0.717, 1.165) is 19.3 Å². The maximum absolute atomic E-state index is 11.7. The van der Waals surface area contributed by atoms with E-state index in [1.54, 1.807) is 0 Å². The minimum atomic E-state index is -0.468. The lowest BCUT2D eigenvalue weighted by Crippen LogP contribution is -2.42. The zero-order valence-electron chi connectivity index (χ0n) is 14.3. The fourth-order valence-electron chi connectivity index (χ4n) is 2.74. The summed E-state index contributed by atoms with van der Waals surface area (Å²) >= 11 is 0. The first-order chi connectivity index (χ1) is 10.3. The minimum Gasteiger partial charge on any atom is -0.444 e. The number of hydrogen-bond acceptors (Lipinski definition) is 4. The monoisotopic (exact) mass is 313 g/mol. The Morgan fingerprint density at radius 1 is 1.18 bits per heavy atom. The first-order valence-electron chi connectivity index (χ1n) is 8.28. The Bertz CT molecular complexity index is 366. The van der Waals surface area contributed by atoms with Gasteiger partial charge in [-0.25, -0.2) is 4.79 Å². The van der Waals surface area contributed by atoms with Crippen molar-refractivity contribution >= 4 is 12.0 Å². The molecule has 0 spiro atoms. The Morgan fingerprint density at radius 3 is 2.55 bits per heavy atom. The van der Waals surface area contributed by atoms with Crippen molar-refractivity contribution in [2.45, 2.75) is 65.0 Å². The Hall–Kier alpha value is -1.30. The lowest BCUT2D eigenvalue weighted by Gasteiger charge is -2.23. The van der Waals surface area contributed by atoms with E-state index in [9.17, 15) is 9.59 Å². The molecule has 6 nitrogen and oxygen atoms in total. The van der Waals surface area contributed by atoms with Gasteiger partial charge in [0.25, 0.3) is 0 Å². The van der Waals surface area contributed by atoms with Crippen LogP contribution in [0, 0.1) is 5.92 Å². The van der Waals surface area contributed by atoms with Crippen molar-refractivity contribution in [3.8, 4) is 0 Å². The van der Waals surface area contributed by atoms with Crippen LogP contribution in [0.1, 0.15) is 53.4 Å². The van der Waals surface area contributed by atoms with Crippen molar-refractivity contribution in [3.63, 3.8) is 0 Å². The van der Waals surface area contributed by atoms with E-state index in [2.05, 4.69) is 16.0 Å². The largest absolute Gasteiger partial charge is 0.444 e. The molecule has 0 bridgehead atoms. The number of amides is 2. The summed E-state index contributed by atoms with van der Waals surface area (Å²) in [5.41, 5.74) is -0.468. The van der Waals surface area contributed by atoms with Crippen LogP contribution in [0.5, 0.6) is 0 Å². The van der Waals surface area contributed by atoms with E-state index in [1.807, 2.05) is 27.7 Å². The molecule has 6 heteroatoms. The number of ether oxygens (including phenoxy) is 1. The van der Waals surface area contributed by atoms with Crippen molar-refractivity contribution in [3.05, 3.63) is 0 Å². The zero-order valence-corrected chi connectivity index (χ0v) is 14.3. The van der Waals surface area contributed by atoms with E-state index in [-0.39, 0.29) is 12.0 Å². The predicted octanol–water partition coefficient (Wildman–Crippen LogP) is 1.80. The molecule has 0 aromatic rings. The van der Waals surface area contributed by atoms with E-state index in [1.165, 1.54) is 0 Å². The first kappa shape index (κ1) is 18.7. The van der Waals surface area contributed by atoms with Gasteiger partial charge in [0.2, 0.25) is 5.91 Å². The average Bonchev–Trinajstić information content (AvgIpc) is 2.82. The summed E-state index contributed by atoms with van der Waals surface area (Å²) in [6, 6.07) is 0.365. The summed E-state index contributed by atoms with van der Waals surface area (Å²) in [5, 5.41) is 9.08. The molecule has 1 aliphatic rings. The SMILES string of the molecule is CCNC(=O)CCNC1CCCC1CNC(=O)OC(C)(C)C. The molecule has 2 atom stereocenters. The maximum atomic E-state index is 11.7. The van der Waals surface area contributed by atoms with Crippen molar-refractivity contribution in [1.29, 1.82) is 0 Å². The number of carbonyl (C=O) groups is 2. The van der Waals surface area contributed by atoms with Crippen LogP contribution in [0.2, 0.25) is 0 Å². The van der Waals surface area contributed by atoms with Crippen molar-refractivity contribution in [2.75, 3.05) is 19.6 Å². The highest BCUT2D eigenvalue weighted by molar-refractivity contribution is 5.75. The average molecular weight is 313 g/mol. The molecular formula is C16H31N3O3. The van der Waals surface area contributed by atoms with Crippen LogP contribution in [0.4, 0.5) is 4.79 Å². The van der Waals surface area contributed by atoms with E-state index in [0.29, 0.717) is 38.0 Å². The molecule has 1 fully saturated rings. The molecule has 128 valence electrons. The van der Waals surface area contributed by atoms with Gasteiger partial charge in [0, 0.05) is 32.1 Å². The van der Waals surface area contributed by atoms with Gasteiger partial charge in [-0.3, -0.25) is 4.79 Å². The second kappa shape index (κ2) is 8.98. The van der Waals surface area contributed by atoms with Gasteiger partial charge >= 0.3 is 6.09 Å². The van der Waals surface area contributed by atoms with Gasteiger partial charge in [-0.15, -0.1) is 0 Å². The molecule has 0 saturated heterocycles. The van der Waals surface area contributed by atoms with Gasteiger partial charge < -0.3 is 20.7 Å². The molecule has 1 rings (SSSR count). The third-order valence-corrected chi connectivity index (χ3v) is 3.70. The highest BCUT2D eigenvalue weighted by atomic mass is 16.6. The molecule has 1 saturated carbocycles. The van der Waals surface area contributed by atoms with Crippen molar-refractivity contribution in [1.82, 2.24) is 16.0 Å². The highest BCUT2D eigenvalue weighted by Crippen LogP contribution is 2.25. The van der Waals surface area contributed by atoms with Gasteiger partial charge in [-0.05, 0) is 46.5 Å². The normalized spacial score (nSPS) is 21.5. The topological polar surface area (TPSA) is 79.5 Å². The van der Waals surface area contributed by atoms with Gasteiger partial charge in [0.1, 0.15) is 5.60 Å². The first-order valence-corrected chi connectivity index (χ1v) is 8.28. The number of carbonyl (C=O) groups excluding carboxylic acids is 2. The summed E-state index contributed by atoms with van der Waals surface area (Å²) < 4.78 is 5.25. The maximum Gasteiger partial charge on any atom is 0.407 e. The van der Waals surface area contributed by atoms with E-state index < -0.39 is 5.60 Å². The summed E-state index contributed by atoms with van der Waals surface area (Å²) in [5.74, 6) is 0.484. The van der Waals surface area contributed by atoms with Crippen LogP contribution in [-0.4, -0.2) is 43.3 Å². The summed E-state index contributed by atoms with van der Waals surface area (Å²) in [6.45, 7) is 9.45. The number of nitrogens with one attached hydrogen (secondary N) is 3. The van der Waals surface area contributed by atoms with Gasteiger partial charge in [-0.1, -0.05) is 6.42 Å². The lowest BCUT2D eigenvalue weighted by atomic mass is 10.0. The number of hydrogen-bond donors (Lipinski definition) is 3. The van der Waals surface area contributed by atoms with Crippen LogP contribution < -0.4 is 16.0 Å².